The van der Waals surface area contributed by atoms with Crippen LogP contribution in [0.5, 0.6) is 0 Å². The van der Waals surface area contributed by atoms with Gasteiger partial charge in [-0.15, -0.1) is 0 Å². The van der Waals surface area contributed by atoms with Gasteiger partial charge in [0.05, 0.1) is 12.1 Å². The van der Waals surface area contributed by atoms with Crippen molar-refractivity contribution in [1.29, 1.82) is 0 Å². The topological polar surface area (TPSA) is 68.1 Å². The van der Waals surface area contributed by atoms with E-state index >= 15 is 0 Å². The van der Waals surface area contributed by atoms with Crippen molar-refractivity contribution in [3.63, 3.8) is 0 Å². The Bertz CT molecular complexity index is 968. The molecule has 1 aliphatic rings. The van der Waals surface area contributed by atoms with Crippen molar-refractivity contribution in [3.05, 3.63) is 76.8 Å². The van der Waals surface area contributed by atoms with Gasteiger partial charge in [0.1, 0.15) is 0 Å². The van der Waals surface area contributed by atoms with Crippen molar-refractivity contribution in [3.8, 4) is 11.3 Å². The first-order valence-corrected chi connectivity index (χ1v) is 8.09. The molecule has 25 heavy (non-hydrogen) atoms. The molecule has 0 fully saturated rings. The molecule has 0 spiro atoms. The Hall–Kier alpha value is -3.28. The Morgan fingerprint density at radius 1 is 1.04 bits per heavy atom. The summed E-state index contributed by atoms with van der Waals surface area (Å²) in [5, 5.41) is 0. The Balaban J connectivity index is 1.68. The lowest BCUT2D eigenvalue weighted by atomic mass is 10.1. The van der Waals surface area contributed by atoms with Gasteiger partial charge in [0.2, 0.25) is 11.9 Å². The van der Waals surface area contributed by atoms with E-state index in [1.807, 2.05) is 30.3 Å². The number of carbonyl (C=O) groups excluding carboxylic acids is 1. The fraction of sp³-hybridized carbons (Fsp3) is 0.158. The Morgan fingerprint density at radius 3 is 2.56 bits per heavy atom. The van der Waals surface area contributed by atoms with Crippen molar-refractivity contribution in [2.45, 2.75) is 13.0 Å². The average molecular weight is 332 g/mol. The van der Waals surface area contributed by atoms with Crippen molar-refractivity contribution < 1.29 is 4.79 Å². The van der Waals surface area contributed by atoms with E-state index in [-0.39, 0.29) is 17.9 Å². The molecule has 1 aromatic carbocycles. The molecule has 0 radical (unpaired) electrons. The molecule has 3 aromatic rings. The SMILES string of the molecule is O=C(Cc1ccccc1)N1CCn2c1nc(-c1ccncc1)cc2=O. The quantitative estimate of drug-likeness (QED) is 0.734. The van der Waals surface area contributed by atoms with Gasteiger partial charge in [-0.2, -0.15) is 0 Å². The third-order valence-electron chi connectivity index (χ3n) is 4.25. The molecule has 6 nitrogen and oxygen atoms in total. The van der Waals surface area contributed by atoms with Crippen LogP contribution < -0.4 is 10.5 Å². The Morgan fingerprint density at radius 2 is 1.80 bits per heavy atom. The van der Waals surface area contributed by atoms with E-state index in [1.165, 1.54) is 6.07 Å². The maximum absolute atomic E-state index is 12.7. The first-order chi connectivity index (χ1) is 12.2. The number of anilines is 1. The second-order valence-corrected chi connectivity index (χ2v) is 5.87. The van der Waals surface area contributed by atoms with Gasteiger partial charge in [0, 0.05) is 37.1 Å². The zero-order valence-corrected chi connectivity index (χ0v) is 13.5. The molecular formula is C19H16N4O2. The van der Waals surface area contributed by atoms with Crippen molar-refractivity contribution in [1.82, 2.24) is 14.5 Å². The van der Waals surface area contributed by atoms with E-state index in [0.29, 0.717) is 24.7 Å². The molecule has 0 bridgehead atoms. The maximum Gasteiger partial charge on any atom is 0.255 e. The van der Waals surface area contributed by atoms with Gasteiger partial charge in [0.15, 0.2) is 0 Å². The summed E-state index contributed by atoms with van der Waals surface area (Å²) in [5.74, 6) is 0.358. The van der Waals surface area contributed by atoms with Crippen LogP contribution in [0.2, 0.25) is 0 Å². The first-order valence-electron chi connectivity index (χ1n) is 8.09. The van der Waals surface area contributed by atoms with Crippen molar-refractivity contribution in [2.24, 2.45) is 0 Å². The zero-order chi connectivity index (χ0) is 17.2. The average Bonchev–Trinajstić information content (AvgIpc) is 3.08. The first kappa shape index (κ1) is 15.3. The smallest absolute Gasteiger partial charge is 0.255 e. The molecule has 2 aromatic heterocycles. The van der Waals surface area contributed by atoms with Crippen LogP contribution in [0, 0.1) is 0 Å². The lowest BCUT2D eigenvalue weighted by Crippen LogP contribution is -2.31. The number of rotatable bonds is 3. The molecule has 0 saturated carbocycles. The minimum Gasteiger partial charge on any atom is -0.280 e. The van der Waals surface area contributed by atoms with Crippen molar-refractivity contribution >= 4 is 11.9 Å². The summed E-state index contributed by atoms with van der Waals surface area (Å²) in [6.45, 7) is 0.937. The standard InChI is InChI=1S/C19H16N4O2/c24-17(12-14-4-2-1-3-5-14)22-10-11-23-18(25)13-16(21-19(22)23)15-6-8-20-9-7-15/h1-9,13H,10-12H2. The molecule has 1 amide bonds. The number of hydrogen-bond donors (Lipinski definition) is 0. The second-order valence-electron chi connectivity index (χ2n) is 5.87. The van der Waals surface area contributed by atoms with E-state index in [2.05, 4.69) is 9.97 Å². The minimum absolute atomic E-state index is 0.0590. The van der Waals surface area contributed by atoms with Gasteiger partial charge in [-0.3, -0.25) is 24.0 Å². The van der Waals surface area contributed by atoms with Crippen LogP contribution in [0.1, 0.15) is 5.56 Å². The van der Waals surface area contributed by atoms with E-state index in [9.17, 15) is 9.59 Å². The number of benzene rings is 1. The Kier molecular flexibility index (Phi) is 3.85. The molecule has 1 aliphatic heterocycles. The third kappa shape index (κ3) is 2.94. The van der Waals surface area contributed by atoms with Crippen LogP contribution in [0.3, 0.4) is 0 Å². The number of nitrogens with zero attached hydrogens (tertiary/aromatic N) is 4. The van der Waals surface area contributed by atoms with Crippen LogP contribution in [0.25, 0.3) is 11.3 Å². The normalized spacial score (nSPS) is 12.9. The van der Waals surface area contributed by atoms with E-state index in [0.717, 1.165) is 11.1 Å². The predicted molar refractivity (Wildman–Crippen MR) is 94.2 cm³/mol. The highest BCUT2D eigenvalue weighted by Crippen LogP contribution is 2.22. The summed E-state index contributed by atoms with van der Waals surface area (Å²) in [4.78, 5) is 35.2. The molecule has 0 atom stereocenters. The maximum atomic E-state index is 12.7. The van der Waals surface area contributed by atoms with E-state index in [4.69, 9.17) is 0 Å². The van der Waals surface area contributed by atoms with E-state index in [1.54, 1.807) is 34.0 Å². The highest BCUT2D eigenvalue weighted by Gasteiger charge is 2.27. The van der Waals surface area contributed by atoms with Crippen molar-refractivity contribution in [2.75, 3.05) is 11.4 Å². The van der Waals surface area contributed by atoms with Gasteiger partial charge >= 0.3 is 0 Å². The van der Waals surface area contributed by atoms with Gasteiger partial charge < -0.3 is 0 Å². The summed E-state index contributed by atoms with van der Waals surface area (Å²) >= 11 is 0. The van der Waals surface area contributed by atoms with Crippen LogP contribution in [-0.4, -0.2) is 27.0 Å². The monoisotopic (exact) mass is 332 g/mol. The number of fused-ring (bicyclic) bond motifs is 1. The number of aromatic nitrogens is 3. The van der Waals surface area contributed by atoms with Gasteiger partial charge in [-0.05, 0) is 17.7 Å². The molecule has 0 N–H and O–H groups in total. The molecular weight excluding hydrogens is 316 g/mol. The summed E-state index contributed by atoms with van der Waals surface area (Å²) in [6.07, 6.45) is 3.59. The number of carbonyl (C=O) groups is 1. The minimum atomic E-state index is -0.146. The fourth-order valence-electron chi connectivity index (χ4n) is 2.98. The summed E-state index contributed by atoms with van der Waals surface area (Å²) < 4.78 is 1.55. The molecule has 4 rings (SSSR count). The largest absolute Gasteiger partial charge is 0.280 e. The summed E-state index contributed by atoms with van der Waals surface area (Å²) in [5.41, 5.74) is 2.15. The van der Waals surface area contributed by atoms with Crippen LogP contribution in [0.4, 0.5) is 5.95 Å². The molecule has 3 heterocycles. The lowest BCUT2D eigenvalue weighted by Gasteiger charge is -2.16. The fourth-order valence-corrected chi connectivity index (χ4v) is 2.98. The van der Waals surface area contributed by atoms with Crippen LogP contribution in [0.15, 0.2) is 65.7 Å². The lowest BCUT2D eigenvalue weighted by molar-refractivity contribution is -0.117. The van der Waals surface area contributed by atoms with Gasteiger partial charge in [-0.1, -0.05) is 30.3 Å². The van der Waals surface area contributed by atoms with Crippen LogP contribution >= 0.6 is 0 Å². The summed E-state index contributed by atoms with van der Waals surface area (Å²) in [6, 6.07) is 14.7. The number of pyridine rings is 1. The van der Waals surface area contributed by atoms with Crippen LogP contribution in [-0.2, 0) is 17.8 Å². The van der Waals surface area contributed by atoms with Gasteiger partial charge in [0.25, 0.3) is 5.56 Å². The molecule has 0 unspecified atom stereocenters. The Labute approximate surface area is 144 Å². The highest BCUT2D eigenvalue weighted by atomic mass is 16.2. The zero-order valence-electron chi connectivity index (χ0n) is 13.5. The highest BCUT2D eigenvalue weighted by molar-refractivity contribution is 5.94. The summed E-state index contributed by atoms with van der Waals surface area (Å²) in [7, 11) is 0. The van der Waals surface area contributed by atoms with E-state index < -0.39 is 0 Å². The molecule has 6 heteroatoms. The third-order valence-corrected chi connectivity index (χ3v) is 4.25. The molecule has 0 saturated heterocycles. The van der Waals surface area contributed by atoms with Gasteiger partial charge in [-0.25, -0.2) is 4.98 Å². The molecule has 124 valence electrons. The second kappa shape index (κ2) is 6.32. The molecule has 0 aliphatic carbocycles. The number of amides is 1. The predicted octanol–water partition coefficient (Wildman–Crippen LogP) is 1.89. The number of hydrogen-bond acceptors (Lipinski definition) is 4.